The van der Waals surface area contributed by atoms with Crippen LogP contribution in [-0.2, 0) is 23.3 Å². The van der Waals surface area contributed by atoms with Gasteiger partial charge in [-0.3, -0.25) is 19.8 Å². The molecule has 2 fully saturated rings. The molecule has 1 N–H and O–H groups in total. The average Bonchev–Trinajstić information content (AvgIpc) is 3.17. The van der Waals surface area contributed by atoms with Crippen molar-refractivity contribution >= 4 is 5.91 Å². The third-order valence-electron chi connectivity index (χ3n) is 6.55. The number of likely N-dealkylation sites (tertiary alicyclic amines) is 2. The smallest absolute Gasteiger partial charge is 0.222 e. The van der Waals surface area contributed by atoms with Gasteiger partial charge in [-0.25, -0.2) is 0 Å². The normalized spacial score (nSPS) is 20.4. The molecule has 0 unspecified atom stereocenters. The Labute approximate surface area is 173 Å². The zero-order chi connectivity index (χ0) is 20.5. The summed E-state index contributed by atoms with van der Waals surface area (Å²) in [6.07, 6.45) is 7.67. The summed E-state index contributed by atoms with van der Waals surface area (Å²) in [7, 11) is 0. The highest BCUT2D eigenvalue weighted by atomic mass is 16.2. The van der Waals surface area contributed by atoms with Gasteiger partial charge < -0.3 is 4.90 Å². The summed E-state index contributed by atoms with van der Waals surface area (Å²) in [5, 5.41) is 7.71. The fourth-order valence-electron chi connectivity index (χ4n) is 4.62. The lowest BCUT2D eigenvalue weighted by Crippen LogP contribution is -2.51. The fourth-order valence-corrected chi connectivity index (χ4v) is 4.62. The van der Waals surface area contributed by atoms with Gasteiger partial charge in [0.2, 0.25) is 5.91 Å². The molecular formula is C23H33N5O. The standard InChI is InChI=1S/C23H33N5O/c1-22(2,3)20-13-19(25-26-20)16-27-11-8-23(9-12-27)7-6-21(29)28(17-23)15-18-5-4-10-24-14-18/h4-5,10,13-14H,6-9,11-12,15-17H2,1-3H3,(H,25,26). The first-order chi connectivity index (χ1) is 13.8. The minimum Gasteiger partial charge on any atom is -0.338 e. The van der Waals surface area contributed by atoms with Gasteiger partial charge >= 0.3 is 0 Å². The molecular weight excluding hydrogens is 362 g/mol. The molecule has 2 aromatic rings. The van der Waals surface area contributed by atoms with E-state index in [1.807, 2.05) is 12.3 Å². The van der Waals surface area contributed by atoms with E-state index < -0.39 is 0 Å². The largest absolute Gasteiger partial charge is 0.338 e. The number of hydrogen-bond donors (Lipinski definition) is 1. The van der Waals surface area contributed by atoms with Crippen molar-refractivity contribution in [2.75, 3.05) is 19.6 Å². The summed E-state index contributed by atoms with van der Waals surface area (Å²) in [5.74, 6) is 0.286. The summed E-state index contributed by atoms with van der Waals surface area (Å²) in [6, 6.07) is 6.21. The van der Waals surface area contributed by atoms with Gasteiger partial charge in [0, 0.05) is 49.6 Å². The second-order valence-electron chi connectivity index (χ2n) is 9.92. The number of pyridine rings is 1. The van der Waals surface area contributed by atoms with E-state index >= 15 is 0 Å². The van der Waals surface area contributed by atoms with Crippen LogP contribution >= 0.6 is 0 Å². The zero-order valence-corrected chi connectivity index (χ0v) is 17.9. The van der Waals surface area contributed by atoms with Gasteiger partial charge in [0.05, 0.1) is 5.69 Å². The number of carbonyl (C=O) groups excluding carboxylic acids is 1. The maximum atomic E-state index is 12.5. The van der Waals surface area contributed by atoms with Crippen LogP contribution in [0.4, 0.5) is 0 Å². The molecule has 2 aliphatic rings. The molecule has 0 bridgehead atoms. The summed E-state index contributed by atoms with van der Waals surface area (Å²) < 4.78 is 0. The van der Waals surface area contributed by atoms with E-state index in [1.165, 1.54) is 5.69 Å². The monoisotopic (exact) mass is 395 g/mol. The van der Waals surface area contributed by atoms with Crippen LogP contribution in [-0.4, -0.2) is 50.5 Å². The molecule has 6 nitrogen and oxygen atoms in total. The molecule has 0 radical (unpaired) electrons. The lowest BCUT2D eigenvalue weighted by molar-refractivity contribution is -0.140. The Morgan fingerprint density at radius 3 is 2.62 bits per heavy atom. The molecule has 2 saturated heterocycles. The van der Waals surface area contributed by atoms with Gasteiger partial charge in [-0.15, -0.1) is 0 Å². The van der Waals surface area contributed by atoms with E-state index in [1.54, 1.807) is 6.20 Å². The fraction of sp³-hybridized carbons (Fsp3) is 0.609. The maximum absolute atomic E-state index is 12.5. The van der Waals surface area contributed by atoms with Crippen LogP contribution in [0.2, 0.25) is 0 Å². The number of H-pyrrole nitrogens is 1. The third kappa shape index (κ3) is 4.69. The number of rotatable bonds is 4. The van der Waals surface area contributed by atoms with Crippen molar-refractivity contribution in [1.82, 2.24) is 25.0 Å². The molecule has 0 atom stereocenters. The van der Waals surface area contributed by atoms with Crippen molar-refractivity contribution in [2.24, 2.45) is 5.41 Å². The molecule has 0 aromatic carbocycles. The third-order valence-corrected chi connectivity index (χ3v) is 6.55. The van der Waals surface area contributed by atoms with E-state index in [9.17, 15) is 4.79 Å². The van der Waals surface area contributed by atoms with Crippen molar-refractivity contribution in [3.8, 4) is 0 Å². The van der Waals surface area contributed by atoms with Gasteiger partial charge in [-0.1, -0.05) is 26.8 Å². The average molecular weight is 396 g/mol. The van der Waals surface area contributed by atoms with Crippen molar-refractivity contribution in [3.05, 3.63) is 47.5 Å². The highest BCUT2D eigenvalue weighted by Crippen LogP contribution is 2.40. The number of nitrogens with zero attached hydrogens (tertiary/aromatic N) is 4. The predicted octanol–water partition coefficient (Wildman–Crippen LogP) is 3.51. The number of aromatic amines is 1. The van der Waals surface area contributed by atoms with Gasteiger partial charge in [-0.2, -0.15) is 5.10 Å². The van der Waals surface area contributed by atoms with E-state index in [4.69, 9.17) is 0 Å². The van der Waals surface area contributed by atoms with Crippen LogP contribution < -0.4 is 0 Å². The van der Waals surface area contributed by atoms with Crippen molar-refractivity contribution in [3.63, 3.8) is 0 Å². The lowest BCUT2D eigenvalue weighted by atomic mass is 9.72. The first-order valence-electron chi connectivity index (χ1n) is 10.8. The predicted molar refractivity (Wildman–Crippen MR) is 113 cm³/mol. The van der Waals surface area contributed by atoms with Crippen molar-refractivity contribution in [1.29, 1.82) is 0 Å². The molecule has 4 heterocycles. The maximum Gasteiger partial charge on any atom is 0.222 e. The van der Waals surface area contributed by atoms with Gasteiger partial charge in [0.1, 0.15) is 0 Å². The Bertz CT molecular complexity index is 830. The van der Waals surface area contributed by atoms with Gasteiger partial charge in [0.25, 0.3) is 0 Å². The zero-order valence-electron chi connectivity index (χ0n) is 17.9. The van der Waals surface area contributed by atoms with Crippen LogP contribution in [0.5, 0.6) is 0 Å². The van der Waals surface area contributed by atoms with Crippen LogP contribution in [0, 0.1) is 5.41 Å². The Kier molecular flexibility index (Phi) is 5.47. The van der Waals surface area contributed by atoms with Crippen LogP contribution in [0.1, 0.15) is 63.4 Å². The van der Waals surface area contributed by atoms with E-state index in [-0.39, 0.29) is 16.7 Å². The summed E-state index contributed by atoms with van der Waals surface area (Å²) in [6.45, 7) is 11.2. The lowest BCUT2D eigenvalue weighted by Gasteiger charge is -2.47. The van der Waals surface area contributed by atoms with Crippen LogP contribution in [0.3, 0.4) is 0 Å². The number of piperidine rings is 2. The molecule has 4 rings (SSSR count). The number of amides is 1. The SMILES string of the molecule is CC(C)(C)c1cc(CN2CCC3(CCC(=O)N(Cc4cccnc4)C3)CC2)[nH]n1. The van der Waals surface area contributed by atoms with E-state index in [0.29, 0.717) is 13.0 Å². The molecule has 1 spiro atoms. The van der Waals surface area contributed by atoms with Gasteiger partial charge in [-0.05, 0) is 55.5 Å². The molecule has 1 amide bonds. The first-order valence-corrected chi connectivity index (χ1v) is 10.8. The quantitative estimate of drug-likeness (QED) is 0.860. The second kappa shape index (κ2) is 7.90. The first kappa shape index (κ1) is 20.1. The topological polar surface area (TPSA) is 65.1 Å². The summed E-state index contributed by atoms with van der Waals surface area (Å²) in [4.78, 5) is 21.3. The minimum atomic E-state index is 0.0765. The Hall–Kier alpha value is -2.21. The molecule has 2 aromatic heterocycles. The number of hydrogen-bond acceptors (Lipinski definition) is 4. The Morgan fingerprint density at radius 1 is 1.17 bits per heavy atom. The van der Waals surface area contributed by atoms with Crippen LogP contribution in [0.15, 0.2) is 30.6 Å². The minimum absolute atomic E-state index is 0.0765. The van der Waals surface area contributed by atoms with Crippen molar-refractivity contribution in [2.45, 2.75) is 65.0 Å². The molecule has 0 saturated carbocycles. The van der Waals surface area contributed by atoms with Gasteiger partial charge in [0.15, 0.2) is 0 Å². The number of aromatic nitrogens is 3. The number of carbonyl (C=O) groups is 1. The highest BCUT2D eigenvalue weighted by molar-refractivity contribution is 5.77. The Balaban J connectivity index is 1.34. The highest BCUT2D eigenvalue weighted by Gasteiger charge is 2.41. The second-order valence-corrected chi connectivity index (χ2v) is 9.92. The molecule has 6 heteroatoms. The summed E-state index contributed by atoms with van der Waals surface area (Å²) >= 11 is 0. The number of nitrogens with one attached hydrogen (secondary N) is 1. The molecule has 0 aliphatic carbocycles. The molecule has 156 valence electrons. The summed E-state index contributed by atoms with van der Waals surface area (Å²) in [5.41, 5.74) is 3.79. The molecule has 29 heavy (non-hydrogen) atoms. The van der Waals surface area contributed by atoms with E-state index in [0.717, 1.165) is 56.7 Å². The molecule has 2 aliphatic heterocycles. The van der Waals surface area contributed by atoms with E-state index in [2.05, 4.69) is 57.9 Å². The van der Waals surface area contributed by atoms with Crippen LogP contribution in [0.25, 0.3) is 0 Å². The van der Waals surface area contributed by atoms with Crippen molar-refractivity contribution < 1.29 is 4.79 Å². The Morgan fingerprint density at radius 2 is 1.97 bits per heavy atom.